The number of nitrogens with zero attached hydrogens (tertiary/aromatic N) is 3. The Kier molecular flexibility index (Phi) is 5.84. The van der Waals surface area contributed by atoms with Crippen molar-refractivity contribution in [1.29, 1.82) is 5.26 Å². The molecule has 2 N–H and O–H groups in total. The van der Waals surface area contributed by atoms with Crippen LogP contribution in [0.1, 0.15) is 32.6 Å². The molecule has 0 bridgehead atoms. The van der Waals surface area contributed by atoms with E-state index in [4.69, 9.17) is 5.26 Å². The summed E-state index contributed by atoms with van der Waals surface area (Å²) in [5.41, 5.74) is -0.640. The molecule has 0 fully saturated rings. The van der Waals surface area contributed by atoms with Crippen LogP contribution in [-0.4, -0.2) is 15.7 Å². The fourth-order valence-electron chi connectivity index (χ4n) is 1.97. The summed E-state index contributed by atoms with van der Waals surface area (Å²) in [4.78, 5) is 23.9. The van der Waals surface area contributed by atoms with Crippen molar-refractivity contribution in [2.24, 2.45) is 14.1 Å². The fourth-order valence-corrected chi connectivity index (χ4v) is 1.97. The molecule has 0 aliphatic heterocycles. The Labute approximate surface area is 117 Å². The van der Waals surface area contributed by atoms with Crippen LogP contribution in [0.2, 0.25) is 0 Å². The van der Waals surface area contributed by atoms with Crippen LogP contribution in [0.5, 0.6) is 0 Å². The Hall–Kier alpha value is -2.23. The summed E-state index contributed by atoms with van der Waals surface area (Å²) in [6.07, 6.45) is 6.06. The summed E-state index contributed by atoms with van der Waals surface area (Å²) in [7, 11) is 2.94. The lowest BCUT2D eigenvalue weighted by atomic mass is 10.2. The maximum atomic E-state index is 12.1. The summed E-state index contributed by atoms with van der Waals surface area (Å²) in [5, 5.41) is 14.2. The predicted octanol–water partition coefficient (Wildman–Crippen LogP) is 0.969. The van der Waals surface area contributed by atoms with Gasteiger partial charge in [-0.1, -0.05) is 26.2 Å². The second-order valence-electron chi connectivity index (χ2n) is 4.65. The van der Waals surface area contributed by atoms with Crippen LogP contribution in [0.3, 0.4) is 0 Å². The summed E-state index contributed by atoms with van der Waals surface area (Å²) in [5.74, 6) is 0.205. The van der Waals surface area contributed by atoms with E-state index in [2.05, 4.69) is 17.6 Å². The minimum absolute atomic E-state index is 0.205. The van der Waals surface area contributed by atoms with Crippen LogP contribution in [-0.2, 0) is 14.1 Å². The molecule has 7 heteroatoms. The highest BCUT2D eigenvalue weighted by atomic mass is 16.2. The molecule has 0 saturated heterocycles. The molecular weight excluding hydrogens is 258 g/mol. The van der Waals surface area contributed by atoms with E-state index in [9.17, 15) is 9.59 Å². The number of nitrogens with one attached hydrogen (secondary N) is 2. The second kappa shape index (κ2) is 7.38. The highest BCUT2D eigenvalue weighted by Gasteiger charge is 2.14. The van der Waals surface area contributed by atoms with Gasteiger partial charge in [0, 0.05) is 20.6 Å². The van der Waals surface area contributed by atoms with E-state index in [-0.39, 0.29) is 11.5 Å². The number of nitriles is 1. The monoisotopic (exact) mass is 279 g/mol. The zero-order chi connectivity index (χ0) is 15.1. The van der Waals surface area contributed by atoms with Crippen LogP contribution in [0.4, 0.5) is 11.5 Å². The van der Waals surface area contributed by atoms with Crippen molar-refractivity contribution >= 4 is 11.5 Å². The molecule has 1 aromatic heterocycles. The molecule has 0 aromatic carbocycles. The van der Waals surface area contributed by atoms with Gasteiger partial charge >= 0.3 is 5.69 Å². The minimum Gasteiger partial charge on any atom is -0.378 e. The lowest BCUT2D eigenvalue weighted by molar-refractivity contribution is 0.676. The van der Waals surface area contributed by atoms with E-state index < -0.39 is 11.2 Å². The minimum atomic E-state index is -0.468. The van der Waals surface area contributed by atoms with E-state index in [0.717, 1.165) is 30.3 Å². The van der Waals surface area contributed by atoms with Crippen LogP contribution >= 0.6 is 0 Å². The summed E-state index contributed by atoms with van der Waals surface area (Å²) < 4.78 is 2.27. The van der Waals surface area contributed by atoms with E-state index in [0.29, 0.717) is 6.54 Å². The Balaban J connectivity index is 3.02. The van der Waals surface area contributed by atoms with E-state index in [1.165, 1.54) is 18.7 Å². The largest absolute Gasteiger partial charge is 0.378 e. The zero-order valence-corrected chi connectivity index (χ0v) is 12.2. The van der Waals surface area contributed by atoms with Gasteiger partial charge in [0.2, 0.25) is 0 Å². The van der Waals surface area contributed by atoms with Gasteiger partial charge in [-0.05, 0) is 6.42 Å². The molecule has 0 aliphatic rings. The van der Waals surface area contributed by atoms with Gasteiger partial charge in [0.05, 0.1) is 0 Å². The molecule has 1 heterocycles. The lowest BCUT2D eigenvalue weighted by Gasteiger charge is -2.14. The Morgan fingerprint density at radius 3 is 2.45 bits per heavy atom. The third-order valence-corrected chi connectivity index (χ3v) is 3.17. The summed E-state index contributed by atoms with van der Waals surface area (Å²) >= 11 is 0. The van der Waals surface area contributed by atoms with Gasteiger partial charge in [0.25, 0.3) is 5.56 Å². The van der Waals surface area contributed by atoms with Gasteiger partial charge < -0.3 is 5.32 Å². The third kappa shape index (κ3) is 3.41. The van der Waals surface area contributed by atoms with Crippen molar-refractivity contribution < 1.29 is 0 Å². The predicted molar refractivity (Wildman–Crippen MR) is 78.8 cm³/mol. The number of anilines is 2. The third-order valence-electron chi connectivity index (χ3n) is 3.17. The van der Waals surface area contributed by atoms with E-state index in [1.54, 1.807) is 6.19 Å². The lowest BCUT2D eigenvalue weighted by Crippen LogP contribution is -2.39. The smallest absolute Gasteiger partial charge is 0.332 e. The topological polar surface area (TPSA) is 91.8 Å². The first-order valence-electron chi connectivity index (χ1n) is 6.73. The van der Waals surface area contributed by atoms with Crippen molar-refractivity contribution in [3.8, 4) is 6.19 Å². The van der Waals surface area contributed by atoms with Crippen LogP contribution in [0.15, 0.2) is 9.59 Å². The normalized spacial score (nSPS) is 10.1. The molecule has 0 amide bonds. The molecule has 110 valence electrons. The van der Waals surface area contributed by atoms with Crippen LogP contribution in [0, 0.1) is 11.5 Å². The van der Waals surface area contributed by atoms with Gasteiger partial charge in [-0.25, -0.2) is 4.79 Å². The number of hydrogen-bond acceptors (Lipinski definition) is 5. The number of rotatable bonds is 7. The summed E-state index contributed by atoms with van der Waals surface area (Å²) in [6.45, 7) is 2.76. The highest BCUT2D eigenvalue weighted by Crippen LogP contribution is 2.13. The van der Waals surface area contributed by atoms with Crippen LogP contribution in [0.25, 0.3) is 0 Å². The van der Waals surface area contributed by atoms with Crippen molar-refractivity contribution in [2.45, 2.75) is 32.6 Å². The van der Waals surface area contributed by atoms with Gasteiger partial charge in [0.15, 0.2) is 12.0 Å². The Morgan fingerprint density at radius 1 is 1.15 bits per heavy atom. The molecule has 7 nitrogen and oxygen atoms in total. The van der Waals surface area contributed by atoms with Crippen molar-refractivity contribution in [2.75, 3.05) is 17.2 Å². The number of aromatic nitrogens is 2. The van der Waals surface area contributed by atoms with Gasteiger partial charge in [-0.3, -0.25) is 19.2 Å². The molecule has 20 heavy (non-hydrogen) atoms. The highest BCUT2D eigenvalue weighted by molar-refractivity contribution is 5.65. The molecule has 1 aromatic rings. The van der Waals surface area contributed by atoms with Crippen molar-refractivity contribution in [3.63, 3.8) is 0 Å². The van der Waals surface area contributed by atoms with Gasteiger partial charge in [-0.15, -0.1) is 0 Å². The fraction of sp³-hybridized carbons (Fsp3) is 0.615. The first-order chi connectivity index (χ1) is 9.54. The van der Waals surface area contributed by atoms with Gasteiger partial charge in [0.1, 0.15) is 5.69 Å². The van der Waals surface area contributed by atoms with Crippen molar-refractivity contribution in [1.82, 2.24) is 9.13 Å². The molecule has 1 rings (SSSR count). The molecule has 0 saturated carbocycles. The average molecular weight is 279 g/mol. The average Bonchev–Trinajstić information content (AvgIpc) is 2.45. The molecule has 0 aliphatic carbocycles. The molecular formula is C13H21N5O2. The SMILES string of the molecule is CCCCCCNc1c(NC#N)n(C)c(=O)n(C)c1=O. The first-order valence-corrected chi connectivity index (χ1v) is 6.73. The molecule has 0 radical (unpaired) electrons. The summed E-state index contributed by atoms with van der Waals surface area (Å²) in [6, 6.07) is 0. The quantitative estimate of drug-likeness (QED) is 0.441. The van der Waals surface area contributed by atoms with Crippen molar-refractivity contribution in [3.05, 3.63) is 20.8 Å². The maximum absolute atomic E-state index is 12.1. The number of hydrogen-bond donors (Lipinski definition) is 2. The first kappa shape index (κ1) is 15.8. The molecule has 0 atom stereocenters. The maximum Gasteiger partial charge on any atom is 0.332 e. The van der Waals surface area contributed by atoms with E-state index >= 15 is 0 Å². The standard InChI is InChI=1S/C13H21N5O2/c1-4-5-6-7-8-15-10-11(16-9-14)17(2)13(20)18(3)12(10)19/h15-16H,4-8H2,1-3H3. The molecule has 0 spiro atoms. The zero-order valence-electron chi connectivity index (χ0n) is 12.2. The van der Waals surface area contributed by atoms with Gasteiger partial charge in [-0.2, -0.15) is 5.26 Å². The van der Waals surface area contributed by atoms with E-state index in [1.807, 2.05) is 0 Å². The molecule has 0 unspecified atom stereocenters. The number of unbranched alkanes of at least 4 members (excludes halogenated alkanes) is 3. The Morgan fingerprint density at radius 2 is 1.85 bits per heavy atom. The second-order valence-corrected chi connectivity index (χ2v) is 4.65. The van der Waals surface area contributed by atoms with Crippen LogP contribution < -0.4 is 21.9 Å². The Bertz CT molecular complexity index is 609.